The van der Waals surface area contributed by atoms with Crippen molar-refractivity contribution in [2.24, 2.45) is 0 Å². The Hall–Kier alpha value is -0.360. The van der Waals surface area contributed by atoms with Crippen molar-refractivity contribution in [2.45, 2.75) is 38.5 Å². The van der Waals surface area contributed by atoms with E-state index in [2.05, 4.69) is 0 Å². The predicted molar refractivity (Wildman–Crippen MR) is 77.6 cm³/mol. The molecule has 0 fully saturated rings. The van der Waals surface area contributed by atoms with Gasteiger partial charge in [-0.15, -0.1) is 0 Å². The van der Waals surface area contributed by atoms with E-state index in [0.29, 0.717) is 11.5 Å². The molecule has 0 aromatic rings. The van der Waals surface area contributed by atoms with Crippen molar-refractivity contribution in [1.29, 1.82) is 0 Å². The molecule has 0 saturated heterocycles. The van der Waals surface area contributed by atoms with Crippen molar-refractivity contribution < 1.29 is 19.8 Å². The molecule has 4 nitrogen and oxygen atoms in total. The molecule has 0 aromatic heterocycles. The van der Waals surface area contributed by atoms with E-state index in [1.54, 1.807) is 23.5 Å². The summed E-state index contributed by atoms with van der Waals surface area (Å²) in [7, 11) is 0. The van der Waals surface area contributed by atoms with Gasteiger partial charge >= 0.3 is 11.9 Å². The normalized spacial score (nSPS) is 10.4. The molecule has 106 valence electrons. The van der Waals surface area contributed by atoms with Crippen LogP contribution < -0.4 is 0 Å². The van der Waals surface area contributed by atoms with Gasteiger partial charge in [0.05, 0.1) is 12.8 Å². The Labute approximate surface area is 117 Å². The molecule has 0 spiro atoms. The van der Waals surface area contributed by atoms with Crippen molar-refractivity contribution in [2.75, 3.05) is 23.0 Å². The molecule has 0 heterocycles. The number of unbranched alkanes of at least 4 members (excludes halogenated alkanes) is 3. The Balaban J connectivity index is 2.99. The number of carboxylic acids is 2. The number of hydrogen-bond acceptors (Lipinski definition) is 4. The highest BCUT2D eigenvalue weighted by molar-refractivity contribution is 7.99. The van der Waals surface area contributed by atoms with Crippen LogP contribution in [0.3, 0.4) is 0 Å². The molecular formula is C12H22O4S2. The fourth-order valence-electron chi connectivity index (χ4n) is 1.28. The quantitative estimate of drug-likeness (QED) is 0.509. The first-order valence-corrected chi connectivity index (χ1v) is 8.53. The number of rotatable bonds is 13. The fraction of sp³-hybridized carbons (Fsp3) is 0.833. The molecule has 0 amide bonds. The lowest BCUT2D eigenvalue weighted by molar-refractivity contribution is -0.137. The number of hydrogen-bond donors (Lipinski definition) is 2. The number of carbonyl (C=O) groups is 2. The van der Waals surface area contributed by atoms with Gasteiger partial charge < -0.3 is 10.2 Å². The maximum absolute atomic E-state index is 10.2. The van der Waals surface area contributed by atoms with E-state index in [1.807, 2.05) is 0 Å². The van der Waals surface area contributed by atoms with Crippen LogP contribution in [0.4, 0.5) is 0 Å². The summed E-state index contributed by atoms with van der Waals surface area (Å²) in [5, 5.41) is 16.9. The van der Waals surface area contributed by atoms with Crippen LogP contribution >= 0.6 is 23.5 Å². The second-order valence-corrected chi connectivity index (χ2v) is 6.38. The van der Waals surface area contributed by atoms with Crippen molar-refractivity contribution in [3.05, 3.63) is 0 Å². The molecule has 2 N–H and O–H groups in total. The van der Waals surface area contributed by atoms with Crippen LogP contribution in [0, 0.1) is 0 Å². The van der Waals surface area contributed by atoms with Crippen molar-refractivity contribution in [1.82, 2.24) is 0 Å². The Bertz CT molecular complexity index is 210. The van der Waals surface area contributed by atoms with Gasteiger partial charge in [0.2, 0.25) is 0 Å². The SMILES string of the molecule is O=C(O)CCSCCCCCCSCCC(=O)O. The van der Waals surface area contributed by atoms with E-state index < -0.39 is 11.9 Å². The molecule has 0 radical (unpaired) electrons. The van der Waals surface area contributed by atoms with Gasteiger partial charge in [0.1, 0.15) is 0 Å². The number of carboxylic acid groups (broad SMARTS) is 2. The lowest BCUT2D eigenvalue weighted by Gasteiger charge is -2.01. The molecule has 0 unspecified atom stereocenters. The summed E-state index contributed by atoms with van der Waals surface area (Å²) in [6.45, 7) is 0. The minimum Gasteiger partial charge on any atom is -0.481 e. The molecular weight excluding hydrogens is 272 g/mol. The maximum Gasteiger partial charge on any atom is 0.304 e. The first kappa shape index (κ1) is 17.6. The van der Waals surface area contributed by atoms with Crippen molar-refractivity contribution in [3.63, 3.8) is 0 Å². The molecule has 0 bridgehead atoms. The molecule has 18 heavy (non-hydrogen) atoms. The monoisotopic (exact) mass is 294 g/mol. The van der Waals surface area contributed by atoms with Crippen molar-refractivity contribution >= 4 is 35.5 Å². The highest BCUT2D eigenvalue weighted by Gasteiger charge is 1.98. The van der Waals surface area contributed by atoms with Crippen molar-refractivity contribution in [3.8, 4) is 0 Å². The van der Waals surface area contributed by atoms with Crippen LogP contribution in [-0.2, 0) is 9.59 Å². The van der Waals surface area contributed by atoms with E-state index in [1.165, 1.54) is 12.8 Å². The van der Waals surface area contributed by atoms with Crippen LogP contribution in [0.1, 0.15) is 38.5 Å². The van der Waals surface area contributed by atoms with Gasteiger partial charge in [-0.3, -0.25) is 9.59 Å². The summed E-state index contributed by atoms with van der Waals surface area (Å²) < 4.78 is 0. The van der Waals surface area contributed by atoms with Gasteiger partial charge in [-0.2, -0.15) is 23.5 Å². The van der Waals surface area contributed by atoms with E-state index in [9.17, 15) is 9.59 Å². The minimum atomic E-state index is -0.721. The van der Waals surface area contributed by atoms with Crippen LogP contribution in [0.2, 0.25) is 0 Å². The van der Waals surface area contributed by atoms with Gasteiger partial charge in [-0.25, -0.2) is 0 Å². The minimum absolute atomic E-state index is 0.255. The highest BCUT2D eigenvalue weighted by Crippen LogP contribution is 2.11. The zero-order chi connectivity index (χ0) is 13.6. The first-order chi connectivity index (χ1) is 8.63. The summed E-state index contributed by atoms with van der Waals surface area (Å²) in [6, 6.07) is 0. The standard InChI is InChI=1S/C12H22O4S2/c13-11(14)5-9-17-7-3-1-2-4-8-18-10-6-12(15)16/h1-10H2,(H,13,14)(H,15,16). The molecule has 0 aliphatic carbocycles. The first-order valence-electron chi connectivity index (χ1n) is 6.22. The van der Waals surface area contributed by atoms with Crippen LogP contribution in [0.15, 0.2) is 0 Å². The second-order valence-electron chi connectivity index (χ2n) is 3.93. The lowest BCUT2D eigenvalue weighted by Crippen LogP contribution is -1.97. The molecule has 0 rings (SSSR count). The third-order valence-electron chi connectivity index (χ3n) is 2.25. The zero-order valence-corrected chi connectivity index (χ0v) is 12.2. The van der Waals surface area contributed by atoms with Gasteiger partial charge in [0, 0.05) is 11.5 Å². The van der Waals surface area contributed by atoms with Gasteiger partial charge in [0.25, 0.3) is 0 Å². The van der Waals surface area contributed by atoms with Crippen LogP contribution in [0.5, 0.6) is 0 Å². The summed E-state index contributed by atoms with van der Waals surface area (Å²) in [4.78, 5) is 20.5. The molecule has 0 aliphatic heterocycles. The zero-order valence-electron chi connectivity index (χ0n) is 10.6. The fourth-order valence-corrected chi connectivity index (χ4v) is 3.15. The van der Waals surface area contributed by atoms with Gasteiger partial charge in [-0.1, -0.05) is 12.8 Å². The maximum atomic E-state index is 10.2. The summed E-state index contributed by atoms with van der Waals surface area (Å²) in [6.07, 6.45) is 5.16. The Morgan fingerprint density at radius 2 is 1.06 bits per heavy atom. The average molecular weight is 294 g/mol. The van der Waals surface area contributed by atoms with Gasteiger partial charge in [-0.05, 0) is 24.3 Å². The Morgan fingerprint density at radius 1 is 0.667 bits per heavy atom. The number of aliphatic carboxylic acids is 2. The second kappa shape index (κ2) is 13.1. The van der Waals surface area contributed by atoms with E-state index in [-0.39, 0.29) is 12.8 Å². The van der Waals surface area contributed by atoms with E-state index in [4.69, 9.17) is 10.2 Å². The summed E-state index contributed by atoms with van der Waals surface area (Å²) >= 11 is 3.41. The molecule has 0 atom stereocenters. The Kier molecular flexibility index (Phi) is 12.8. The molecule has 0 saturated carbocycles. The molecule has 0 aromatic carbocycles. The van der Waals surface area contributed by atoms with Crippen LogP contribution in [-0.4, -0.2) is 45.2 Å². The molecule has 6 heteroatoms. The van der Waals surface area contributed by atoms with E-state index >= 15 is 0 Å². The predicted octanol–water partition coefficient (Wildman–Crippen LogP) is 2.96. The van der Waals surface area contributed by atoms with Crippen LogP contribution in [0.25, 0.3) is 0 Å². The third kappa shape index (κ3) is 15.6. The summed E-state index contributed by atoms with van der Waals surface area (Å²) in [5.74, 6) is 2.06. The van der Waals surface area contributed by atoms with Gasteiger partial charge in [0.15, 0.2) is 0 Å². The smallest absolute Gasteiger partial charge is 0.304 e. The number of thioether (sulfide) groups is 2. The lowest BCUT2D eigenvalue weighted by atomic mass is 10.2. The highest BCUT2D eigenvalue weighted by atomic mass is 32.2. The largest absolute Gasteiger partial charge is 0.481 e. The van der Waals surface area contributed by atoms with E-state index in [0.717, 1.165) is 24.3 Å². The average Bonchev–Trinajstić information content (AvgIpc) is 2.29. The topological polar surface area (TPSA) is 74.6 Å². The molecule has 0 aliphatic rings. The summed E-state index contributed by atoms with van der Waals surface area (Å²) in [5.41, 5.74) is 0. The Morgan fingerprint density at radius 3 is 1.39 bits per heavy atom. The third-order valence-corrected chi connectivity index (χ3v) is 4.39.